The first-order chi connectivity index (χ1) is 12.5. The van der Waals surface area contributed by atoms with Crippen molar-refractivity contribution in [2.75, 3.05) is 18.1 Å². The number of hydrogen-bond acceptors (Lipinski definition) is 4. The molecule has 2 rings (SSSR count). The molecular formula is C20H31NO4S. The average molecular weight is 382 g/mol. The number of nitrogens with one attached hydrogen (secondary N) is 1. The van der Waals surface area contributed by atoms with Gasteiger partial charge in [0.1, 0.15) is 5.75 Å². The highest BCUT2D eigenvalue weighted by Gasteiger charge is 2.28. The van der Waals surface area contributed by atoms with Gasteiger partial charge in [-0.2, -0.15) is 0 Å². The SMILES string of the molecule is CCCCCCCCc1ccccc1OC(=O)NCC1CCS(=O)(=O)C1. The largest absolute Gasteiger partial charge is 0.412 e. The van der Waals surface area contributed by atoms with Gasteiger partial charge in [0, 0.05) is 6.54 Å². The average Bonchev–Trinajstić information content (AvgIpc) is 2.96. The molecule has 1 fully saturated rings. The summed E-state index contributed by atoms with van der Waals surface area (Å²) in [5.74, 6) is 0.959. The maximum absolute atomic E-state index is 12.0. The van der Waals surface area contributed by atoms with Crippen LogP contribution in [0.25, 0.3) is 0 Å². The van der Waals surface area contributed by atoms with E-state index in [0.29, 0.717) is 18.7 Å². The molecule has 26 heavy (non-hydrogen) atoms. The number of amides is 1. The minimum atomic E-state index is -2.92. The fourth-order valence-corrected chi connectivity index (χ4v) is 5.16. The maximum Gasteiger partial charge on any atom is 0.412 e. The Morgan fingerprint density at radius 2 is 1.88 bits per heavy atom. The molecule has 5 nitrogen and oxygen atoms in total. The highest BCUT2D eigenvalue weighted by molar-refractivity contribution is 7.91. The van der Waals surface area contributed by atoms with E-state index in [1.807, 2.05) is 24.3 Å². The molecule has 1 aromatic carbocycles. The van der Waals surface area contributed by atoms with Gasteiger partial charge in [0.15, 0.2) is 9.84 Å². The van der Waals surface area contributed by atoms with Crippen molar-refractivity contribution in [2.45, 2.75) is 58.3 Å². The van der Waals surface area contributed by atoms with Crippen molar-refractivity contribution in [1.29, 1.82) is 0 Å². The van der Waals surface area contributed by atoms with Crippen molar-refractivity contribution in [1.82, 2.24) is 5.32 Å². The summed E-state index contributed by atoms with van der Waals surface area (Å²) in [4.78, 5) is 12.0. The van der Waals surface area contributed by atoms with Crippen LogP contribution < -0.4 is 10.1 Å². The summed E-state index contributed by atoms with van der Waals surface area (Å²) in [6.45, 7) is 2.56. The monoisotopic (exact) mass is 381 g/mol. The van der Waals surface area contributed by atoms with Crippen LogP contribution in [0, 0.1) is 5.92 Å². The lowest BCUT2D eigenvalue weighted by molar-refractivity contribution is 0.198. The summed E-state index contributed by atoms with van der Waals surface area (Å²) in [7, 11) is -2.92. The second kappa shape index (κ2) is 10.6. The molecule has 0 saturated carbocycles. The van der Waals surface area contributed by atoms with Crippen molar-refractivity contribution in [3.63, 3.8) is 0 Å². The van der Waals surface area contributed by atoms with E-state index in [-0.39, 0.29) is 17.4 Å². The minimum Gasteiger partial charge on any atom is -0.410 e. The van der Waals surface area contributed by atoms with Crippen LogP contribution in [0.5, 0.6) is 5.75 Å². The third-order valence-corrected chi connectivity index (χ3v) is 6.67. The smallest absolute Gasteiger partial charge is 0.410 e. The molecule has 146 valence electrons. The van der Waals surface area contributed by atoms with Crippen molar-refractivity contribution >= 4 is 15.9 Å². The molecule has 1 unspecified atom stereocenters. The Kier molecular flexibility index (Phi) is 8.42. The number of ether oxygens (including phenoxy) is 1. The Balaban J connectivity index is 1.75. The number of rotatable bonds is 10. The number of aryl methyl sites for hydroxylation is 1. The second-order valence-corrected chi connectivity index (χ2v) is 9.39. The first kappa shape index (κ1) is 20.7. The number of hydrogen-bond donors (Lipinski definition) is 1. The first-order valence-electron chi connectivity index (χ1n) is 9.74. The molecule has 1 heterocycles. The molecule has 0 aliphatic carbocycles. The molecule has 0 aromatic heterocycles. The van der Waals surface area contributed by atoms with E-state index in [2.05, 4.69) is 12.2 Å². The van der Waals surface area contributed by atoms with E-state index in [9.17, 15) is 13.2 Å². The van der Waals surface area contributed by atoms with Gasteiger partial charge in [0.05, 0.1) is 11.5 Å². The molecule has 0 radical (unpaired) electrons. The Morgan fingerprint density at radius 1 is 1.15 bits per heavy atom. The summed E-state index contributed by atoms with van der Waals surface area (Å²) >= 11 is 0. The molecule has 1 N–H and O–H groups in total. The van der Waals surface area contributed by atoms with Crippen LogP contribution in [-0.4, -0.2) is 32.6 Å². The molecule has 1 aliphatic rings. The van der Waals surface area contributed by atoms with Crippen molar-refractivity contribution in [3.05, 3.63) is 29.8 Å². The fourth-order valence-electron chi connectivity index (χ4n) is 3.30. The number of unbranched alkanes of at least 4 members (excludes halogenated alkanes) is 5. The lowest BCUT2D eigenvalue weighted by atomic mass is 10.0. The molecule has 1 saturated heterocycles. The predicted molar refractivity (Wildman–Crippen MR) is 104 cm³/mol. The molecular weight excluding hydrogens is 350 g/mol. The molecule has 0 spiro atoms. The quantitative estimate of drug-likeness (QED) is 0.619. The van der Waals surface area contributed by atoms with Crippen LogP contribution in [0.15, 0.2) is 24.3 Å². The summed E-state index contributed by atoms with van der Waals surface area (Å²) in [6, 6.07) is 7.63. The zero-order valence-corrected chi connectivity index (χ0v) is 16.5. The fraction of sp³-hybridized carbons (Fsp3) is 0.650. The Labute approximate surface area is 157 Å². The molecule has 1 aromatic rings. The second-order valence-electron chi connectivity index (χ2n) is 7.16. The first-order valence-corrected chi connectivity index (χ1v) is 11.6. The van der Waals surface area contributed by atoms with E-state index in [4.69, 9.17) is 4.74 Å². The van der Waals surface area contributed by atoms with Gasteiger partial charge in [0.25, 0.3) is 0 Å². The minimum absolute atomic E-state index is 0.00841. The molecule has 1 atom stereocenters. The molecule has 1 aliphatic heterocycles. The number of para-hydroxylation sites is 1. The van der Waals surface area contributed by atoms with E-state index < -0.39 is 15.9 Å². The topological polar surface area (TPSA) is 72.5 Å². The van der Waals surface area contributed by atoms with Gasteiger partial charge < -0.3 is 10.1 Å². The Hall–Kier alpha value is -1.56. The van der Waals surface area contributed by atoms with Gasteiger partial charge in [-0.25, -0.2) is 13.2 Å². The summed E-state index contributed by atoms with van der Waals surface area (Å²) in [5, 5.41) is 2.70. The predicted octanol–water partition coefficient (Wildman–Crippen LogP) is 4.11. The van der Waals surface area contributed by atoms with Gasteiger partial charge in [-0.3, -0.25) is 0 Å². The van der Waals surface area contributed by atoms with Crippen molar-refractivity contribution in [3.8, 4) is 5.75 Å². The summed E-state index contributed by atoms with van der Waals surface area (Å²) in [5.41, 5.74) is 1.04. The van der Waals surface area contributed by atoms with Gasteiger partial charge in [0.2, 0.25) is 0 Å². The highest BCUT2D eigenvalue weighted by atomic mass is 32.2. The standard InChI is InChI=1S/C20H31NO4S/c1-2-3-4-5-6-7-10-18-11-8-9-12-19(18)25-20(22)21-15-17-13-14-26(23,24)16-17/h8-9,11-12,17H,2-7,10,13-16H2,1H3,(H,21,22). The van der Waals surface area contributed by atoms with Crippen LogP contribution in [0.3, 0.4) is 0 Å². The van der Waals surface area contributed by atoms with Gasteiger partial charge in [-0.05, 0) is 36.8 Å². The van der Waals surface area contributed by atoms with E-state index in [1.165, 1.54) is 32.1 Å². The van der Waals surface area contributed by atoms with Gasteiger partial charge in [-0.1, -0.05) is 57.2 Å². The normalized spacial score (nSPS) is 18.6. The van der Waals surface area contributed by atoms with Crippen LogP contribution in [0.1, 0.15) is 57.4 Å². The third kappa shape index (κ3) is 7.36. The van der Waals surface area contributed by atoms with Crippen LogP contribution in [0.4, 0.5) is 4.79 Å². The number of carbonyl (C=O) groups is 1. The molecule has 6 heteroatoms. The highest BCUT2D eigenvalue weighted by Crippen LogP contribution is 2.21. The van der Waals surface area contributed by atoms with Crippen LogP contribution in [0.2, 0.25) is 0 Å². The summed E-state index contributed by atoms with van der Waals surface area (Å²) in [6.07, 6.45) is 8.36. The zero-order chi connectivity index (χ0) is 18.8. The number of sulfone groups is 1. The van der Waals surface area contributed by atoms with E-state index in [0.717, 1.165) is 18.4 Å². The summed E-state index contributed by atoms with van der Waals surface area (Å²) < 4.78 is 28.4. The zero-order valence-electron chi connectivity index (χ0n) is 15.7. The van der Waals surface area contributed by atoms with Crippen LogP contribution in [-0.2, 0) is 16.3 Å². The van der Waals surface area contributed by atoms with Crippen LogP contribution >= 0.6 is 0 Å². The maximum atomic E-state index is 12.0. The third-order valence-electron chi connectivity index (χ3n) is 4.84. The Bertz CT molecular complexity index is 672. The van der Waals surface area contributed by atoms with Gasteiger partial charge >= 0.3 is 6.09 Å². The van der Waals surface area contributed by atoms with E-state index in [1.54, 1.807) is 0 Å². The molecule has 1 amide bonds. The number of carbonyl (C=O) groups excluding carboxylic acids is 1. The lowest BCUT2D eigenvalue weighted by Gasteiger charge is -2.12. The van der Waals surface area contributed by atoms with Crippen molar-refractivity contribution in [2.24, 2.45) is 5.92 Å². The molecule has 0 bridgehead atoms. The van der Waals surface area contributed by atoms with E-state index >= 15 is 0 Å². The van der Waals surface area contributed by atoms with Crippen molar-refractivity contribution < 1.29 is 17.9 Å². The lowest BCUT2D eigenvalue weighted by Crippen LogP contribution is -2.32. The number of benzene rings is 1. The van der Waals surface area contributed by atoms with Gasteiger partial charge in [-0.15, -0.1) is 0 Å². The Morgan fingerprint density at radius 3 is 2.62 bits per heavy atom.